The number of hydrazone groups is 1. The SMILES string of the molecule is CCOc1cc(C=NNC(=O)CSc2cccc3ccccc23)ccc1OCc1ccc(F)cc1. The molecule has 0 saturated heterocycles. The molecule has 0 radical (unpaired) electrons. The summed E-state index contributed by atoms with van der Waals surface area (Å²) >= 11 is 1.48. The Morgan fingerprint density at radius 1 is 0.971 bits per heavy atom. The highest BCUT2D eigenvalue weighted by Crippen LogP contribution is 2.29. The van der Waals surface area contributed by atoms with E-state index in [1.807, 2.05) is 37.3 Å². The fourth-order valence-corrected chi connectivity index (χ4v) is 4.28. The van der Waals surface area contributed by atoms with Gasteiger partial charge in [-0.15, -0.1) is 11.8 Å². The molecule has 0 aliphatic rings. The normalized spacial score (nSPS) is 11.0. The number of nitrogens with one attached hydrogen (secondary N) is 1. The Balaban J connectivity index is 1.33. The first-order valence-corrected chi connectivity index (χ1v) is 12.2. The maximum Gasteiger partial charge on any atom is 0.250 e. The monoisotopic (exact) mass is 488 g/mol. The number of halogens is 1. The molecular weight excluding hydrogens is 463 g/mol. The molecule has 4 aromatic carbocycles. The largest absolute Gasteiger partial charge is 0.490 e. The van der Waals surface area contributed by atoms with Gasteiger partial charge in [0.25, 0.3) is 0 Å². The summed E-state index contributed by atoms with van der Waals surface area (Å²) in [5.41, 5.74) is 4.18. The second-order valence-corrected chi connectivity index (χ2v) is 8.63. The number of amides is 1. The quantitative estimate of drug-likeness (QED) is 0.164. The molecule has 0 aliphatic carbocycles. The van der Waals surface area contributed by atoms with Crippen LogP contribution in [0.25, 0.3) is 10.8 Å². The van der Waals surface area contributed by atoms with Crippen LogP contribution in [0.5, 0.6) is 11.5 Å². The molecule has 178 valence electrons. The number of fused-ring (bicyclic) bond motifs is 1. The Labute approximate surface area is 208 Å². The molecule has 4 rings (SSSR count). The molecule has 0 aliphatic heterocycles. The van der Waals surface area contributed by atoms with Gasteiger partial charge in [-0.25, -0.2) is 9.82 Å². The first-order valence-electron chi connectivity index (χ1n) is 11.2. The predicted octanol–water partition coefficient (Wildman–Crippen LogP) is 6.20. The average molecular weight is 489 g/mol. The summed E-state index contributed by atoms with van der Waals surface area (Å²) in [5.74, 6) is 0.918. The molecule has 0 bridgehead atoms. The van der Waals surface area contributed by atoms with Crippen LogP contribution in [0, 0.1) is 5.82 Å². The van der Waals surface area contributed by atoms with Crippen LogP contribution in [0.4, 0.5) is 4.39 Å². The molecule has 0 unspecified atom stereocenters. The van der Waals surface area contributed by atoms with E-state index in [-0.39, 0.29) is 24.1 Å². The molecule has 7 heteroatoms. The summed E-state index contributed by atoms with van der Waals surface area (Å²) < 4.78 is 24.6. The lowest BCUT2D eigenvalue weighted by Gasteiger charge is -2.12. The molecule has 0 heterocycles. The summed E-state index contributed by atoms with van der Waals surface area (Å²) in [5, 5.41) is 6.35. The lowest BCUT2D eigenvalue weighted by Crippen LogP contribution is -2.19. The molecule has 1 N–H and O–H groups in total. The summed E-state index contributed by atoms with van der Waals surface area (Å²) in [6, 6.07) is 25.7. The Hall–Kier alpha value is -3.84. The second kappa shape index (κ2) is 12.0. The molecule has 0 aromatic heterocycles. The zero-order chi connectivity index (χ0) is 24.5. The van der Waals surface area contributed by atoms with Crippen molar-refractivity contribution >= 4 is 34.7 Å². The van der Waals surface area contributed by atoms with Crippen molar-refractivity contribution in [3.8, 4) is 11.5 Å². The van der Waals surface area contributed by atoms with E-state index >= 15 is 0 Å². The lowest BCUT2D eigenvalue weighted by atomic mass is 10.1. The molecule has 0 fully saturated rings. The van der Waals surface area contributed by atoms with Gasteiger partial charge in [-0.2, -0.15) is 5.10 Å². The van der Waals surface area contributed by atoms with Gasteiger partial charge >= 0.3 is 0 Å². The summed E-state index contributed by atoms with van der Waals surface area (Å²) in [6.07, 6.45) is 1.56. The Kier molecular flexibility index (Phi) is 8.35. The zero-order valence-corrected chi connectivity index (χ0v) is 20.1. The Morgan fingerprint density at radius 3 is 2.60 bits per heavy atom. The third kappa shape index (κ3) is 6.83. The average Bonchev–Trinajstić information content (AvgIpc) is 2.88. The van der Waals surface area contributed by atoms with Gasteiger partial charge in [0, 0.05) is 4.90 Å². The number of hydrogen-bond acceptors (Lipinski definition) is 5. The van der Waals surface area contributed by atoms with Gasteiger partial charge in [-0.1, -0.05) is 48.5 Å². The second-order valence-electron chi connectivity index (χ2n) is 7.61. The topological polar surface area (TPSA) is 59.9 Å². The molecule has 0 atom stereocenters. The Bertz CT molecular complexity index is 1320. The van der Waals surface area contributed by atoms with Gasteiger partial charge in [0.15, 0.2) is 11.5 Å². The highest BCUT2D eigenvalue weighted by Gasteiger charge is 2.08. The van der Waals surface area contributed by atoms with Crippen LogP contribution in [0.15, 0.2) is 94.9 Å². The van der Waals surface area contributed by atoms with E-state index in [1.54, 1.807) is 30.5 Å². The van der Waals surface area contributed by atoms with E-state index in [0.29, 0.717) is 18.1 Å². The third-order valence-electron chi connectivity index (χ3n) is 5.09. The van der Waals surface area contributed by atoms with Gasteiger partial charge < -0.3 is 9.47 Å². The van der Waals surface area contributed by atoms with Gasteiger partial charge in [-0.3, -0.25) is 4.79 Å². The number of nitrogens with zero attached hydrogens (tertiary/aromatic N) is 1. The highest BCUT2D eigenvalue weighted by atomic mass is 32.2. The number of benzene rings is 4. The predicted molar refractivity (Wildman–Crippen MR) is 139 cm³/mol. The maximum atomic E-state index is 13.1. The third-order valence-corrected chi connectivity index (χ3v) is 6.16. The highest BCUT2D eigenvalue weighted by molar-refractivity contribution is 8.00. The van der Waals surface area contributed by atoms with E-state index in [4.69, 9.17) is 9.47 Å². The summed E-state index contributed by atoms with van der Waals surface area (Å²) in [7, 11) is 0. The van der Waals surface area contributed by atoms with Crippen LogP contribution in [0.1, 0.15) is 18.1 Å². The number of ether oxygens (including phenoxy) is 2. The molecule has 0 spiro atoms. The molecule has 0 saturated carbocycles. The van der Waals surface area contributed by atoms with E-state index in [1.165, 1.54) is 23.9 Å². The number of carbonyl (C=O) groups is 1. The zero-order valence-electron chi connectivity index (χ0n) is 19.2. The molecule has 35 heavy (non-hydrogen) atoms. The van der Waals surface area contributed by atoms with Crippen molar-refractivity contribution in [3.05, 3.63) is 102 Å². The molecule has 1 amide bonds. The van der Waals surface area contributed by atoms with Crippen LogP contribution in [-0.4, -0.2) is 24.5 Å². The molecule has 4 aromatic rings. The van der Waals surface area contributed by atoms with Crippen LogP contribution in [-0.2, 0) is 11.4 Å². The van der Waals surface area contributed by atoms with E-state index in [0.717, 1.165) is 26.8 Å². The van der Waals surface area contributed by atoms with Crippen molar-refractivity contribution in [2.45, 2.75) is 18.4 Å². The van der Waals surface area contributed by atoms with Crippen molar-refractivity contribution in [3.63, 3.8) is 0 Å². The van der Waals surface area contributed by atoms with Crippen LogP contribution >= 0.6 is 11.8 Å². The fraction of sp³-hybridized carbons (Fsp3) is 0.143. The van der Waals surface area contributed by atoms with Crippen molar-refractivity contribution < 1.29 is 18.7 Å². The van der Waals surface area contributed by atoms with Gasteiger partial charge in [-0.05, 0) is 65.2 Å². The van der Waals surface area contributed by atoms with E-state index < -0.39 is 0 Å². The standard InChI is InChI=1S/C28H25FN2O3S/c1-2-33-26-16-21(12-15-25(26)34-18-20-10-13-23(29)14-11-20)17-30-31-28(32)19-35-27-9-5-7-22-6-3-4-8-24(22)27/h3-17H,2,18-19H2,1H3,(H,31,32). The summed E-state index contributed by atoms with van der Waals surface area (Å²) in [4.78, 5) is 13.3. The van der Waals surface area contributed by atoms with Gasteiger partial charge in [0.05, 0.1) is 18.6 Å². The van der Waals surface area contributed by atoms with Crippen molar-refractivity contribution in [1.82, 2.24) is 5.43 Å². The van der Waals surface area contributed by atoms with Crippen LogP contribution in [0.2, 0.25) is 0 Å². The van der Waals surface area contributed by atoms with E-state index in [2.05, 4.69) is 28.7 Å². The van der Waals surface area contributed by atoms with Crippen molar-refractivity contribution in [1.29, 1.82) is 0 Å². The minimum atomic E-state index is -0.286. The maximum absolute atomic E-state index is 13.1. The minimum Gasteiger partial charge on any atom is -0.490 e. The number of carbonyl (C=O) groups excluding carboxylic acids is 1. The smallest absolute Gasteiger partial charge is 0.250 e. The summed E-state index contributed by atoms with van der Waals surface area (Å²) in [6.45, 7) is 2.65. The molecular formula is C28H25FN2O3S. The van der Waals surface area contributed by atoms with Crippen LogP contribution < -0.4 is 14.9 Å². The molecule has 5 nitrogen and oxygen atoms in total. The minimum absolute atomic E-state index is 0.191. The fourth-order valence-electron chi connectivity index (χ4n) is 3.41. The van der Waals surface area contributed by atoms with Gasteiger partial charge in [0.1, 0.15) is 12.4 Å². The lowest BCUT2D eigenvalue weighted by molar-refractivity contribution is -0.118. The first kappa shape index (κ1) is 24.3. The first-order chi connectivity index (χ1) is 17.1. The van der Waals surface area contributed by atoms with Crippen molar-refractivity contribution in [2.24, 2.45) is 5.10 Å². The number of hydrogen-bond donors (Lipinski definition) is 1. The van der Waals surface area contributed by atoms with E-state index in [9.17, 15) is 9.18 Å². The number of thioether (sulfide) groups is 1. The Morgan fingerprint density at radius 2 is 1.77 bits per heavy atom. The van der Waals surface area contributed by atoms with Gasteiger partial charge in [0.2, 0.25) is 5.91 Å². The van der Waals surface area contributed by atoms with Crippen LogP contribution in [0.3, 0.4) is 0 Å². The number of rotatable bonds is 10. The van der Waals surface area contributed by atoms with Crippen molar-refractivity contribution in [2.75, 3.05) is 12.4 Å².